The quantitative estimate of drug-likeness (QED) is 0.540. The second-order valence-corrected chi connectivity index (χ2v) is 6.26. The molecule has 0 bridgehead atoms. The molecule has 5 nitrogen and oxygen atoms in total. The van der Waals surface area contributed by atoms with Gasteiger partial charge in [-0.05, 0) is 57.2 Å². The Labute approximate surface area is 156 Å². The average Bonchev–Trinajstić information content (AvgIpc) is 2.96. The van der Waals surface area contributed by atoms with Crippen LogP contribution >= 0.6 is 0 Å². The van der Waals surface area contributed by atoms with Gasteiger partial charge in [0, 0.05) is 22.6 Å². The first-order chi connectivity index (χ1) is 12.9. The maximum atomic E-state index is 13.4. The number of phenolic OH excluding ortho intramolecular Hbond substituents is 1. The van der Waals surface area contributed by atoms with Crippen LogP contribution in [0.2, 0.25) is 0 Å². The van der Waals surface area contributed by atoms with Crippen molar-refractivity contribution in [3.05, 3.63) is 82.9 Å². The fraction of sp³-hybridized carbons (Fsp3) is 0.143. The van der Waals surface area contributed by atoms with Gasteiger partial charge in [-0.3, -0.25) is 4.79 Å². The van der Waals surface area contributed by atoms with Crippen molar-refractivity contribution >= 4 is 11.6 Å². The lowest BCUT2D eigenvalue weighted by atomic mass is 10.1. The standard InChI is InChI=1S/C21H20FN3O2/c1-13-11-19(15(3)25(13)17-7-5-4-6-8-17)21(27)24-23-14(2)18-12-16(22)9-10-20(18)26/h4-12,26H,1-3H3,(H,24,27)/b23-14+. The fourth-order valence-electron chi connectivity index (χ4n) is 3.02. The van der Waals surface area contributed by atoms with Crippen molar-refractivity contribution in [3.63, 3.8) is 0 Å². The Bertz CT molecular complexity index is 1020. The smallest absolute Gasteiger partial charge is 0.273 e. The Hall–Kier alpha value is -3.41. The number of nitrogens with zero attached hydrogens (tertiary/aromatic N) is 2. The van der Waals surface area contributed by atoms with E-state index in [4.69, 9.17) is 0 Å². The van der Waals surface area contributed by atoms with Crippen molar-refractivity contribution in [2.24, 2.45) is 5.10 Å². The van der Waals surface area contributed by atoms with E-state index in [-0.39, 0.29) is 17.2 Å². The molecule has 2 N–H and O–H groups in total. The fourth-order valence-corrected chi connectivity index (χ4v) is 3.02. The van der Waals surface area contributed by atoms with Crippen molar-refractivity contribution in [2.75, 3.05) is 0 Å². The normalized spacial score (nSPS) is 11.5. The number of hydrogen-bond donors (Lipinski definition) is 2. The number of rotatable bonds is 4. The molecule has 3 aromatic rings. The summed E-state index contributed by atoms with van der Waals surface area (Å²) in [4.78, 5) is 12.6. The third kappa shape index (κ3) is 3.74. The lowest BCUT2D eigenvalue weighted by molar-refractivity contribution is 0.0954. The molecule has 0 spiro atoms. The van der Waals surface area contributed by atoms with Gasteiger partial charge in [-0.15, -0.1) is 0 Å². The highest BCUT2D eigenvalue weighted by Crippen LogP contribution is 2.21. The van der Waals surface area contributed by atoms with Crippen LogP contribution in [0.1, 0.15) is 34.2 Å². The number of carbonyl (C=O) groups excluding carboxylic acids is 1. The maximum absolute atomic E-state index is 13.4. The third-order valence-electron chi connectivity index (χ3n) is 4.36. The highest BCUT2D eigenvalue weighted by molar-refractivity contribution is 6.02. The van der Waals surface area contributed by atoms with Crippen molar-refractivity contribution in [3.8, 4) is 11.4 Å². The van der Waals surface area contributed by atoms with Crippen LogP contribution in [0.25, 0.3) is 5.69 Å². The lowest BCUT2D eigenvalue weighted by Gasteiger charge is -2.09. The molecule has 0 aliphatic heterocycles. The number of aryl methyl sites for hydroxylation is 1. The predicted octanol–water partition coefficient (Wildman–Crippen LogP) is 4.09. The number of halogens is 1. The number of benzene rings is 2. The molecule has 27 heavy (non-hydrogen) atoms. The summed E-state index contributed by atoms with van der Waals surface area (Å²) in [5.74, 6) is -0.968. The van der Waals surface area contributed by atoms with E-state index in [1.54, 1.807) is 13.0 Å². The first kappa shape index (κ1) is 18.4. The van der Waals surface area contributed by atoms with E-state index in [1.165, 1.54) is 12.1 Å². The summed E-state index contributed by atoms with van der Waals surface area (Å²) in [5, 5.41) is 13.8. The van der Waals surface area contributed by atoms with E-state index in [9.17, 15) is 14.3 Å². The summed E-state index contributed by atoms with van der Waals surface area (Å²) in [6.07, 6.45) is 0. The molecular weight excluding hydrogens is 345 g/mol. The van der Waals surface area contributed by atoms with Crippen LogP contribution in [-0.4, -0.2) is 21.3 Å². The monoisotopic (exact) mass is 365 g/mol. The van der Waals surface area contributed by atoms with Crippen LogP contribution in [0.15, 0.2) is 59.7 Å². The first-order valence-corrected chi connectivity index (χ1v) is 8.46. The molecular formula is C21H20FN3O2. The van der Waals surface area contributed by atoms with Crippen LogP contribution in [0.3, 0.4) is 0 Å². The first-order valence-electron chi connectivity index (χ1n) is 8.46. The van der Waals surface area contributed by atoms with Crippen LogP contribution < -0.4 is 5.43 Å². The Morgan fingerprint density at radius 1 is 1.07 bits per heavy atom. The number of hydrazone groups is 1. The molecule has 0 saturated heterocycles. The van der Waals surface area contributed by atoms with Gasteiger partial charge >= 0.3 is 0 Å². The van der Waals surface area contributed by atoms with Gasteiger partial charge < -0.3 is 9.67 Å². The van der Waals surface area contributed by atoms with Gasteiger partial charge in [0.1, 0.15) is 11.6 Å². The molecule has 3 rings (SSSR count). The Morgan fingerprint density at radius 3 is 2.48 bits per heavy atom. The maximum Gasteiger partial charge on any atom is 0.273 e. The summed E-state index contributed by atoms with van der Waals surface area (Å²) >= 11 is 0. The summed E-state index contributed by atoms with van der Waals surface area (Å²) in [7, 11) is 0. The molecule has 0 fully saturated rings. The van der Waals surface area contributed by atoms with E-state index in [2.05, 4.69) is 10.5 Å². The molecule has 1 amide bonds. The summed E-state index contributed by atoms with van der Waals surface area (Å²) in [5.41, 5.74) is 6.19. The molecule has 0 atom stereocenters. The van der Waals surface area contributed by atoms with Crippen LogP contribution in [0.4, 0.5) is 4.39 Å². The van der Waals surface area contributed by atoms with Crippen LogP contribution in [0.5, 0.6) is 5.75 Å². The number of para-hydroxylation sites is 1. The average molecular weight is 365 g/mol. The van der Waals surface area contributed by atoms with Crippen molar-refractivity contribution < 1.29 is 14.3 Å². The van der Waals surface area contributed by atoms with Crippen LogP contribution in [-0.2, 0) is 0 Å². The van der Waals surface area contributed by atoms with Gasteiger partial charge in [-0.2, -0.15) is 5.10 Å². The largest absolute Gasteiger partial charge is 0.507 e. The molecule has 0 aliphatic carbocycles. The Balaban J connectivity index is 1.86. The highest BCUT2D eigenvalue weighted by atomic mass is 19.1. The molecule has 0 radical (unpaired) electrons. The molecule has 1 aromatic heterocycles. The van der Waals surface area contributed by atoms with E-state index in [1.807, 2.05) is 48.7 Å². The van der Waals surface area contributed by atoms with Gasteiger partial charge in [0.2, 0.25) is 0 Å². The number of aromatic nitrogens is 1. The van der Waals surface area contributed by atoms with E-state index in [0.29, 0.717) is 11.3 Å². The topological polar surface area (TPSA) is 66.6 Å². The highest BCUT2D eigenvalue weighted by Gasteiger charge is 2.16. The number of hydrogen-bond acceptors (Lipinski definition) is 3. The zero-order valence-electron chi connectivity index (χ0n) is 15.3. The van der Waals surface area contributed by atoms with Gasteiger partial charge in [0.15, 0.2) is 0 Å². The molecule has 0 unspecified atom stereocenters. The van der Waals surface area contributed by atoms with Crippen molar-refractivity contribution in [1.29, 1.82) is 0 Å². The van der Waals surface area contributed by atoms with Gasteiger partial charge in [0.25, 0.3) is 5.91 Å². The van der Waals surface area contributed by atoms with Gasteiger partial charge in [-0.25, -0.2) is 9.82 Å². The zero-order valence-corrected chi connectivity index (χ0v) is 15.3. The lowest BCUT2D eigenvalue weighted by Crippen LogP contribution is -2.20. The van der Waals surface area contributed by atoms with E-state index in [0.717, 1.165) is 23.1 Å². The predicted molar refractivity (Wildman–Crippen MR) is 103 cm³/mol. The number of nitrogens with one attached hydrogen (secondary N) is 1. The van der Waals surface area contributed by atoms with Gasteiger partial charge in [0.05, 0.1) is 11.3 Å². The minimum absolute atomic E-state index is 0.103. The number of amides is 1. The number of carbonyl (C=O) groups is 1. The van der Waals surface area contributed by atoms with E-state index < -0.39 is 5.82 Å². The minimum Gasteiger partial charge on any atom is -0.507 e. The second kappa shape index (κ2) is 7.45. The SMILES string of the molecule is C/C(=N\NC(=O)c1cc(C)n(-c2ccccc2)c1C)c1cc(F)ccc1O. The molecule has 2 aromatic carbocycles. The number of phenols is 1. The molecule has 6 heteroatoms. The summed E-state index contributed by atoms with van der Waals surface area (Å²) < 4.78 is 15.4. The molecule has 138 valence electrons. The molecule has 1 heterocycles. The second-order valence-electron chi connectivity index (χ2n) is 6.26. The Kier molecular flexibility index (Phi) is 5.07. The van der Waals surface area contributed by atoms with E-state index >= 15 is 0 Å². The molecule has 0 saturated carbocycles. The third-order valence-corrected chi connectivity index (χ3v) is 4.36. The Morgan fingerprint density at radius 2 is 1.78 bits per heavy atom. The van der Waals surface area contributed by atoms with Crippen molar-refractivity contribution in [1.82, 2.24) is 9.99 Å². The number of aromatic hydroxyl groups is 1. The van der Waals surface area contributed by atoms with Gasteiger partial charge in [-0.1, -0.05) is 18.2 Å². The minimum atomic E-state index is -0.491. The van der Waals surface area contributed by atoms with Crippen LogP contribution in [0, 0.1) is 19.7 Å². The zero-order chi connectivity index (χ0) is 19.6. The van der Waals surface area contributed by atoms with Crippen molar-refractivity contribution in [2.45, 2.75) is 20.8 Å². The summed E-state index contributed by atoms with van der Waals surface area (Å²) in [6, 6.07) is 15.1. The summed E-state index contributed by atoms with van der Waals surface area (Å²) in [6.45, 7) is 5.38. The molecule has 0 aliphatic rings.